The molecule has 3 nitrogen and oxygen atoms in total. The number of phenolic OH excluding ortho intramolecular Hbond substituents is 1. The summed E-state index contributed by atoms with van der Waals surface area (Å²) in [7, 11) is 0. The van der Waals surface area contributed by atoms with Crippen LogP contribution in [0.25, 0.3) is 0 Å². The molecule has 19 heavy (non-hydrogen) atoms. The van der Waals surface area contributed by atoms with Crippen LogP contribution >= 0.6 is 23.2 Å². The molecule has 2 N–H and O–H groups in total. The number of anilines is 1. The van der Waals surface area contributed by atoms with E-state index in [1.54, 1.807) is 0 Å². The van der Waals surface area contributed by atoms with Crippen molar-refractivity contribution in [1.82, 2.24) is 0 Å². The second-order valence-corrected chi connectivity index (χ2v) is 4.56. The monoisotopic (exact) mass is 299 g/mol. The largest absolute Gasteiger partial charge is 0.506 e. The van der Waals surface area contributed by atoms with Crippen LogP contribution in [0.5, 0.6) is 5.75 Å². The Morgan fingerprint density at radius 3 is 2.47 bits per heavy atom. The van der Waals surface area contributed by atoms with Gasteiger partial charge in [-0.25, -0.2) is 4.39 Å². The van der Waals surface area contributed by atoms with Crippen LogP contribution in [0.4, 0.5) is 10.1 Å². The Kier molecular flexibility index (Phi) is 3.93. The quantitative estimate of drug-likeness (QED) is 0.877. The maximum atomic E-state index is 13.2. The van der Waals surface area contributed by atoms with Crippen LogP contribution in [-0.2, 0) is 0 Å². The van der Waals surface area contributed by atoms with E-state index in [1.807, 2.05) is 0 Å². The summed E-state index contributed by atoms with van der Waals surface area (Å²) in [5, 5.41) is 11.8. The molecule has 0 aliphatic heterocycles. The molecule has 2 rings (SSSR count). The molecule has 0 saturated heterocycles. The molecular formula is C13H8Cl2FNO2. The van der Waals surface area contributed by atoms with E-state index >= 15 is 0 Å². The molecule has 0 radical (unpaired) electrons. The summed E-state index contributed by atoms with van der Waals surface area (Å²) in [5.41, 5.74) is 0.522. The zero-order valence-corrected chi connectivity index (χ0v) is 11.0. The highest BCUT2D eigenvalue weighted by Crippen LogP contribution is 2.24. The smallest absolute Gasteiger partial charge is 0.255 e. The van der Waals surface area contributed by atoms with Crippen molar-refractivity contribution in [2.75, 3.05) is 5.32 Å². The number of nitrogens with one attached hydrogen (secondary N) is 1. The summed E-state index contributed by atoms with van der Waals surface area (Å²) < 4.78 is 13.2. The van der Waals surface area contributed by atoms with Crippen LogP contribution in [0.1, 0.15) is 10.4 Å². The Bertz CT molecular complexity index is 647. The Morgan fingerprint density at radius 1 is 1.11 bits per heavy atom. The lowest BCUT2D eigenvalue weighted by molar-refractivity contribution is 0.102. The van der Waals surface area contributed by atoms with Gasteiger partial charge in [0, 0.05) is 11.3 Å². The third-order valence-corrected chi connectivity index (χ3v) is 3.00. The number of carbonyl (C=O) groups is 1. The minimum atomic E-state index is -0.622. The molecule has 2 aromatic rings. The SMILES string of the molecule is O=C(Nc1ccc(Cl)c(F)c1)c1ccc(O)c(Cl)c1. The van der Waals surface area contributed by atoms with Crippen molar-refractivity contribution in [3.63, 3.8) is 0 Å². The maximum absolute atomic E-state index is 13.2. The zero-order valence-electron chi connectivity index (χ0n) is 9.45. The predicted molar refractivity (Wildman–Crippen MR) is 72.5 cm³/mol. The van der Waals surface area contributed by atoms with Crippen LogP contribution < -0.4 is 5.32 Å². The lowest BCUT2D eigenvalue weighted by Crippen LogP contribution is -2.11. The van der Waals surface area contributed by atoms with Crippen molar-refractivity contribution in [2.24, 2.45) is 0 Å². The topological polar surface area (TPSA) is 49.3 Å². The normalized spacial score (nSPS) is 10.3. The van der Waals surface area contributed by atoms with Gasteiger partial charge in [-0.1, -0.05) is 23.2 Å². The molecule has 0 atom stereocenters. The third kappa shape index (κ3) is 3.16. The van der Waals surface area contributed by atoms with Gasteiger partial charge in [0.15, 0.2) is 0 Å². The first-order valence-corrected chi connectivity index (χ1v) is 5.98. The standard InChI is InChI=1S/C13H8Cl2FNO2/c14-9-3-2-8(6-11(9)16)17-13(19)7-1-4-12(18)10(15)5-7/h1-6,18H,(H,17,19). The molecule has 0 aliphatic carbocycles. The molecular weight excluding hydrogens is 292 g/mol. The molecule has 6 heteroatoms. The number of rotatable bonds is 2. The molecule has 0 bridgehead atoms. The summed E-state index contributed by atoms with van der Waals surface area (Å²) in [6, 6.07) is 7.96. The van der Waals surface area contributed by atoms with Crippen molar-refractivity contribution in [3.8, 4) is 5.75 Å². The van der Waals surface area contributed by atoms with E-state index in [2.05, 4.69) is 5.32 Å². The van der Waals surface area contributed by atoms with E-state index in [4.69, 9.17) is 23.2 Å². The molecule has 0 fully saturated rings. The second-order valence-electron chi connectivity index (χ2n) is 3.75. The Labute approximate surface area is 118 Å². The van der Waals surface area contributed by atoms with Gasteiger partial charge in [0.2, 0.25) is 0 Å². The fourth-order valence-corrected chi connectivity index (χ4v) is 1.72. The van der Waals surface area contributed by atoms with Gasteiger partial charge < -0.3 is 10.4 Å². The number of benzene rings is 2. The Balaban J connectivity index is 2.20. The summed E-state index contributed by atoms with van der Waals surface area (Å²) in [4.78, 5) is 11.9. The van der Waals surface area contributed by atoms with Gasteiger partial charge in [-0.2, -0.15) is 0 Å². The van der Waals surface area contributed by atoms with Gasteiger partial charge in [0.05, 0.1) is 10.0 Å². The number of halogens is 3. The van der Waals surface area contributed by atoms with Crippen molar-refractivity contribution >= 4 is 34.8 Å². The van der Waals surface area contributed by atoms with Crippen molar-refractivity contribution in [2.45, 2.75) is 0 Å². The van der Waals surface area contributed by atoms with Crippen LogP contribution in [0.15, 0.2) is 36.4 Å². The lowest BCUT2D eigenvalue weighted by Gasteiger charge is -2.06. The maximum Gasteiger partial charge on any atom is 0.255 e. The number of amides is 1. The summed E-state index contributed by atoms with van der Waals surface area (Å²) in [6.07, 6.45) is 0. The highest BCUT2D eigenvalue weighted by atomic mass is 35.5. The van der Waals surface area contributed by atoms with Gasteiger partial charge in [0.25, 0.3) is 5.91 Å². The number of phenols is 1. The number of hydrogen-bond donors (Lipinski definition) is 2. The van der Waals surface area contributed by atoms with Crippen LogP contribution in [-0.4, -0.2) is 11.0 Å². The summed E-state index contributed by atoms with van der Waals surface area (Å²) in [5.74, 6) is -1.21. The first-order valence-electron chi connectivity index (χ1n) is 5.22. The van der Waals surface area contributed by atoms with Gasteiger partial charge in [-0.05, 0) is 36.4 Å². The van der Waals surface area contributed by atoms with E-state index < -0.39 is 11.7 Å². The first-order chi connectivity index (χ1) is 8.97. The van der Waals surface area contributed by atoms with E-state index in [9.17, 15) is 14.3 Å². The minimum Gasteiger partial charge on any atom is -0.506 e. The van der Waals surface area contributed by atoms with E-state index in [-0.39, 0.29) is 27.0 Å². The number of carbonyl (C=O) groups excluding carboxylic acids is 1. The molecule has 1 amide bonds. The lowest BCUT2D eigenvalue weighted by atomic mass is 10.2. The summed E-state index contributed by atoms with van der Waals surface area (Å²) in [6.45, 7) is 0. The van der Waals surface area contributed by atoms with Gasteiger partial charge in [-0.15, -0.1) is 0 Å². The zero-order chi connectivity index (χ0) is 14.0. The highest BCUT2D eigenvalue weighted by Gasteiger charge is 2.10. The Morgan fingerprint density at radius 2 is 1.84 bits per heavy atom. The fraction of sp³-hybridized carbons (Fsp3) is 0. The van der Waals surface area contributed by atoms with Crippen molar-refractivity contribution < 1.29 is 14.3 Å². The van der Waals surface area contributed by atoms with E-state index in [1.165, 1.54) is 30.3 Å². The molecule has 0 aliphatic rings. The molecule has 0 saturated carbocycles. The van der Waals surface area contributed by atoms with Crippen LogP contribution in [0, 0.1) is 5.82 Å². The predicted octanol–water partition coefficient (Wildman–Crippen LogP) is 4.09. The fourth-order valence-electron chi connectivity index (χ4n) is 1.43. The Hall–Kier alpha value is -1.78. The highest BCUT2D eigenvalue weighted by molar-refractivity contribution is 6.32. The third-order valence-electron chi connectivity index (χ3n) is 2.39. The molecule has 2 aromatic carbocycles. The number of hydrogen-bond acceptors (Lipinski definition) is 2. The van der Waals surface area contributed by atoms with Crippen LogP contribution in [0.2, 0.25) is 10.0 Å². The van der Waals surface area contributed by atoms with Crippen molar-refractivity contribution in [1.29, 1.82) is 0 Å². The van der Waals surface area contributed by atoms with Crippen LogP contribution in [0.3, 0.4) is 0 Å². The average molecular weight is 300 g/mol. The molecule has 98 valence electrons. The number of aromatic hydroxyl groups is 1. The van der Waals surface area contributed by atoms with Crippen molar-refractivity contribution in [3.05, 3.63) is 57.8 Å². The first kappa shape index (κ1) is 13.6. The minimum absolute atomic E-state index is 0.0225. The molecule has 0 spiro atoms. The van der Waals surface area contributed by atoms with Gasteiger partial charge in [0.1, 0.15) is 11.6 Å². The molecule has 0 aromatic heterocycles. The molecule has 0 heterocycles. The van der Waals surface area contributed by atoms with E-state index in [0.717, 1.165) is 6.07 Å². The summed E-state index contributed by atoms with van der Waals surface area (Å²) >= 11 is 11.2. The van der Waals surface area contributed by atoms with Gasteiger partial charge >= 0.3 is 0 Å². The average Bonchev–Trinajstić information content (AvgIpc) is 2.37. The second kappa shape index (κ2) is 5.47. The van der Waals surface area contributed by atoms with E-state index in [0.29, 0.717) is 0 Å². The molecule has 0 unspecified atom stereocenters. The van der Waals surface area contributed by atoms with Gasteiger partial charge in [-0.3, -0.25) is 4.79 Å².